The summed E-state index contributed by atoms with van der Waals surface area (Å²) in [5.74, 6) is 0.786. The molecule has 0 fully saturated rings. The van der Waals surface area contributed by atoms with E-state index < -0.39 is 0 Å². The maximum absolute atomic E-state index is 11.3. The van der Waals surface area contributed by atoms with Crippen molar-refractivity contribution in [1.29, 1.82) is 0 Å². The van der Waals surface area contributed by atoms with E-state index >= 15 is 0 Å². The predicted octanol–water partition coefficient (Wildman–Crippen LogP) is 1.87. The first-order valence-corrected chi connectivity index (χ1v) is 5.22. The van der Waals surface area contributed by atoms with Crippen molar-refractivity contribution in [2.45, 2.75) is 12.8 Å². The first-order valence-electron chi connectivity index (χ1n) is 5.22. The maximum Gasteiger partial charge on any atom is 0.245 e. The number of para-hydroxylation sites is 1. The third kappa shape index (κ3) is 4.31. The lowest BCUT2D eigenvalue weighted by Gasteiger charge is -2.13. The van der Waals surface area contributed by atoms with Crippen molar-refractivity contribution < 1.29 is 14.4 Å². The summed E-state index contributed by atoms with van der Waals surface area (Å²) >= 11 is 0. The van der Waals surface area contributed by atoms with Crippen molar-refractivity contribution in [3.05, 3.63) is 30.3 Å². The Morgan fingerprint density at radius 3 is 2.62 bits per heavy atom. The molecule has 0 heterocycles. The lowest BCUT2D eigenvalue weighted by molar-refractivity contribution is -0.168. The third-order valence-corrected chi connectivity index (χ3v) is 2.17. The van der Waals surface area contributed by atoms with E-state index in [4.69, 9.17) is 9.57 Å². The van der Waals surface area contributed by atoms with Gasteiger partial charge in [0, 0.05) is 13.5 Å². The van der Waals surface area contributed by atoms with Gasteiger partial charge in [-0.15, -0.1) is 0 Å². The topological polar surface area (TPSA) is 38.8 Å². The highest BCUT2D eigenvalue weighted by Crippen LogP contribution is 2.09. The van der Waals surface area contributed by atoms with Gasteiger partial charge >= 0.3 is 0 Å². The van der Waals surface area contributed by atoms with E-state index in [1.165, 1.54) is 12.2 Å². The molecule has 0 radical (unpaired) electrons. The molecule has 88 valence electrons. The molecule has 0 aromatic heterocycles. The molecule has 0 saturated heterocycles. The van der Waals surface area contributed by atoms with Crippen LogP contribution in [0.2, 0.25) is 0 Å². The number of carbonyl (C=O) groups excluding carboxylic acids is 1. The third-order valence-electron chi connectivity index (χ3n) is 2.17. The lowest BCUT2D eigenvalue weighted by atomic mass is 10.3. The first-order chi connectivity index (χ1) is 7.74. The standard InChI is InChI=1S/C12H17NO3/c1-13(15-2)12(14)9-6-10-16-11-7-4-3-5-8-11/h3-5,7-8H,6,9-10H2,1-2H3. The highest BCUT2D eigenvalue weighted by atomic mass is 16.7. The van der Waals surface area contributed by atoms with Gasteiger partial charge in [-0.05, 0) is 18.6 Å². The molecule has 1 rings (SSSR count). The molecule has 0 aliphatic heterocycles. The van der Waals surface area contributed by atoms with E-state index in [-0.39, 0.29) is 5.91 Å². The van der Waals surface area contributed by atoms with Gasteiger partial charge in [0.25, 0.3) is 0 Å². The summed E-state index contributed by atoms with van der Waals surface area (Å²) in [6.45, 7) is 0.535. The largest absolute Gasteiger partial charge is 0.494 e. The minimum absolute atomic E-state index is 0.0424. The van der Waals surface area contributed by atoms with Gasteiger partial charge in [-0.1, -0.05) is 18.2 Å². The van der Waals surface area contributed by atoms with Crippen molar-refractivity contribution in [3.63, 3.8) is 0 Å². The van der Waals surface area contributed by atoms with Gasteiger partial charge < -0.3 is 4.74 Å². The zero-order chi connectivity index (χ0) is 11.8. The average Bonchev–Trinajstić information content (AvgIpc) is 2.34. The monoisotopic (exact) mass is 223 g/mol. The first kappa shape index (κ1) is 12.5. The average molecular weight is 223 g/mol. The van der Waals surface area contributed by atoms with E-state index in [2.05, 4.69) is 0 Å². The number of ether oxygens (including phenoxy) is 1. The van der Waals surface area contributed by atoms with Crippen LogP contribution in [0.1, 0.15) is 12.8 Å². The molecule has 0 atom stereocenters. The Morgan fingerprint density at radius 1 is 1.31 bits per heavy atom. The number of carbonyl (C=O) groups is 1. The van der Waals surface area contributed by atoms with Crippen LogP contribution in [0.4, 0.5) is 0 Å². The van der Waals surface area contributed by atoms with Crippen LogP contribution < -0.4 is 4.74 Å². The Balaban J connectivity index is 2.15. The van der Waals surface area contributed by atoms with Crippen LogP contribution >= 0.6 is 0 Å². The summed E-state index contributed by atoms with van der Waals surface area (Å²) in [4.78, 5) is 16.1. The van der Waals surface area contributed by atoms with E-state index in [1.807, 2.05) is 30.3 Å². The number of rotatable bonds is 6. The van der Waals surface area contributed by atoms with Crippen LogP contribution in [-0.4, -0.2) is 31.7 Å². The quantitative estimate of drug-likeness (QED) is 0.546. The summed E-state index contributed by atoms with van der Waals surface area (Å²) in [6, 6.07) is 9.55. The highest BCUT2D eigenvalue weighted by molar-refractivity contribution is 5.74. The Morgan fingerprint density at radius 2 is 2.00 bits per heavy atom. The highest BCUT2D eigenvalue weighted by Gasteiger charge is 2.06. The Hall–Kier alpha value is -1.55. The molecule has 1 aromatic rings. The van der Waals surface area contributed by atoms with E-state index in [0.29, 0.717) is 19.4 Å². The normalized spacial score (nSPS) is 9.88. The fourth-order valence-electron chi connectivity index (χ4n) is 1.19. The summed E-state index contributed by atoms with van der Waals surface area (Å²) in [5.41, 5.74) is 0. The van der Waals surface area contributed by atoms with Crippen molar-refractivity contribution in [3.8, 4) is 5.75 Å². The molecule has 1 aromatic carbocycles. The molecule has 0 N–H and O–H groups in total. The van der Waals surface area contributed by atoms with Crippen LogP contribution in [-0.2, 0) is 9.63 Å². The molecule has 4 nitrogen and oxygen atoms in total. The van der Waals surface area contributed by atoms with Crippen LogP contribution in [0.3, 0.4) is 0 Å². The van der Waals surface area contributed by atoms with Gasteiger partial charge in [0.2, 0.25) is 5.91 Å². The predicted molar refractivity (Wildman–Crippen MR) is 61.0 cm³/mol. The molecule has 4 heteroatoms. The van der Waals surface area contributed by atoms with E-state index in [1.54, 1.807) is 7.05 Å². The fraction of sp³-hybridized carbons (Fsp3) is 0.417. The summed E-state index contributed by atoms with van der Waals surface area (Å²) < 4.78 is 5.46. The van der Waals surface area contributed by atoms with Crippen LogP contribution in [0.15, 0.2) is 30.3 Å². The number of hydrogen-bond acceptors (Lipinski definition) is 3. The molecule has 0 saturated carbocycles. The SMILES string of the molecule is CON(C)C(=O)CCCOc1ccccc1. The molecule has 0 aliphatic rings. The van der Waals surface area contributed by atoms with Crippen molar-refractivity contribution in [2.75, 3.05) is 20.8 Å². The maximum atomic E-state index is 11.3. The van der Waals surface area contributed by atoms with Crippen molar-refractivity contribution >= 4 is 5.91 Å². The van der Waals surface area contributed by atoms with Gasteiger partial charge in [-0.2, -0.15) is 0 Å². The van der Waals surface area contributed by atoms with Crippen molar-refractivity contribution in [1.82, 2.24) is 5.06 Å². The van der Waals surface area contributed by atoms with Crippen molar-refractivity contribution in [2.24, 2.45) is 0 Å². The summed E-state index contributed by atoms with van der Waals surface area (Å²) in [7, 11) is 3.07. The van der Waals surface area contributed by atoms with Crippen LogP contribution in [0.5, 0.6) is 5.75 Å². The van der Waals surface area contributed by atoms with Gasteiger partial charge in [-0.3, -0.25) is 9.63 Å². The van der Waals surface area contributed by atoms with Gasteiger partial charge in [-0.25, -0.2) is 5.06 Å². The number of benzene rings is 1. The molecule has 0 aliphatic carbocycles. The zero-order valence-corrected chi connectivity index (χ0v) is 9.68. The fourth-order valence-corrected chi connectivity index (χ4v) is 1.19. The molecular formula is C12H17NO3. The Labute approximate surface area is 95.7 Å². The van der Waals surface area contributed by atoms with Gasteiger partial charge in [0.05, 0.1) is 13.7 Å². The molecule has 1 amide bonds. The second kappa shape index (κ2) is 6.85. The van der Waals surface area contributed by atoms with Crippen LogP contribution in [0.25, 0.3) is 0 Å². The Kier molecular flexibility index (Phi) is 5.36. The summed E-state index contributed by atoms with van der Waals surface area (Å²) in [5, 5.41) is 1.22. The van der Waals surface area contributed by atoms with E-state index in [9.17, 15) is 4.79 Å². The number of hydrogen-bond donors (Lipinski definition) is 0. The summed E-state index contributed by atoms with van der Waals surface area (Å²) in [6.07, 6.45) is 1.11. The second-order valence-corrected chi connectivity index (χ2v) is 3.34. The minimum Gasteiger partial charge on any atom is -0.494 e. The zero-order valence-electron chi connectivity index (χ0n) is 9.68. The molecule has 16 heavy (non-hydrogen) atoms. The smallest absolute Gasteiger partial charge is 0.245 e. The molecular weight excluding hydrogens is 206 g/mol. The van der Waals surface area contributed by atoms with E-state index in [0.717, 1.165) is 5.75 Å². The number of amides is 1. The lowest BCUT2D eigenvalue weighted by Crippen LogP contribution is -2.25. The minimum atomic E-state index is -0.0424. The number of nitrogens with zero attached hydrogens (tertiary/aromatic N) is 1. The number of hydroxylamine groups is 2. The molecule has 0 bridgehead atoms. The molecule has 0 spiro atoms. The molecule has 0 unspecified atom stereocenters. The Bertz CT molecular complexity index is 313. The van der Waals surface area contributed by atoms with Gasteiger partial charge in [0.15, 0.2) is 0 Å². The van der Waals surface area contributed by atoms with Gasteiger partial charge in [0.1, 0.15) is 5.75 Å². The second-order valence-electron chi connectivity index (χ2n) is 3.34. The van der Waals surface area contributed by atoms with Crippen LogP contribution in [0, 0.1) is 0 Å².